The molecule has 3 aliphatic carbocycles. The van der Waals surface area contributed by atoms with Crippen LogP contribution in [0, 0.1) is 22.2 Å². The standard InChI is InChI=1S/C20H28O3/c1-6-17(4)11-13-7-9-19-16(2,3)14(21)8-10-20(19,23-19)18(13,5)15(22)12-17/h6,8,10,13,15,22H,1,7,9,11-12H2,2-5H3. The molecule has 0 aromatic rings. The lowest BCUT2D eigenvalue weighted by Gasteiger charge is -2.58. The molecule has 0 radical (unpaired) electrons. The van der Waals surface area contributed by atoms with Crippen molar-refractivity contribution in [3.63, 3.8) is 0 Å². The van der Waals surface area contributed by atoms with Crippen molar-refractivity contribution in [3.05, 3.63) is 24.8 Å². The van der Waals surface area contributed by atoms with Crippen LogP contribution in [0.2, 0.25) is 0 Å². The Balaban J connectivity index is 1.83. The average molecular weight is 316 g/mol. The Morgan fingerprint density at radius 2 is 2.00 bits per heavy atom. The highest BCUT2D eigenvalue weighted by Gasteiger charge is 2.86. The number of hydrogen-bond donors (Lipinski definition) is 1. The highest BCUT2D eigenvalue weighted by atomic mass is 16.6. The molecule has 1 aliphatic heterocycles. The number of hydrogen-bond acceptors (Lipinski definition) is 3. The van der Waals surface area contributed by atoms with E-state index in [0.29, 0.717) is 12.3 Å². The maximum absolute atomic E-state index is 12.5. The third-order valence-corrected chi connectivity index (χ3v) is 8.04. The summed E-state index contributed by atoms with van der Waals surface area (Å²) in [6.07, 6.45) is 8.90. The molecule has 3 heteroatoms. The number of fused-ring (bicyclic) bond motifs is 1. The fraction of sp³-hybridized carbons (Fsp3) is 0.750. The Kier molecular flexibility index (Phi) is 2.71. The van der Waals surface area contributed by atoms with Gasteiger partial charge in [0.25, 0.3) is 0 Å². The Morgan fingerprint density at radius 1 is 1.30 bits per heavy atom. The first-order valence-corrected chi connectivity index (χ1v) is 8.84. The molecule has 2 saturated carbocycles. The number of aliphatic hydroxyl groups excluding tert-OH is 1. The third-order valence-electron chi connectivity index (χ3n) is 8.04. The summed E-state index contributed by atoms with van der Waals surface area (Å²) >= 11 is 0. The van der Waals surface area contributed by atoms with Crippen LogP contribution in [0.25, 0.3) is 0 Å². The van der Waals surface area contributed by atoms with Crippen LogP contribution >= 0.6 is 0 Å². The van der Waals surface area contributed by atoms with E-state index in [-0.39, 0.29) is 16.6 Å². The number of ether oxygens (including phenoxy) is 1. The van der Waals surface area contributed by atoms with E-state index in [9.17, 15) is 9.90 Å². The molecule has 126 valence electrons. The summed E-state index contributed by atoms with van der Waals surface area (Å²) in [6.45, 7) is 12.4. The monoisotopic (exact) mass is 316 g/mol. The SMILES string of the molecule is C=CC1(C)CC(O)C2(C)C(CCC34OC23C=CC(=O)C4(C)C)C1. The minimum absolute atomic E-state index is 0.0150. The number of aliphatic hydroxyl groups is 1. The second-order valence-corrected chi connectivity index (χ2v) is 9.29. The van der Waals surface area contributed by atoms with Crippen molar-refractivity contribution in [1.29, 1.82) is 0 Å². The van der Waals surface area contributed by atoms with Crippen molar-refractivity contribution in [2.75, 3.05) is 0 Å². The molecule has 23 heavy (non-hydrogen) atoms. The molecule has 1 N–H and O–H groups in total. The van der Waals surface area contributed by atoms with Crippen molar-refractivity contribution in [2.24, 2.45) is 22.2 Å². The first-order chi connectivity index (χ1) is 10.6. The van der Waals surface area contributed by atoms with Crippen LogP contribution in [0.15, 0.2) is 24.8 Å². The van der Waals surface area contributed by atoms with E-state index in [2.05, 4.69) is 20.4 Å². The first kappa shape index (κ1) is 15.6. The third kappa shape index (κ3) is 1.44. The van der Waals surface area contributed by atoms with Crippen LogP contribution in [0.3, 0.4) is 0 Å². The van der Waals surface area contributed by atoms with Crippen LogP contribution in [0.1, 0.15) is 53.4 Å². The zero-order valence-electron chi connectivity index (χ0n) is 14.7. The van der Waals surface area contributed by atoms with Crippen LogP contribution in [-0.4, -0.2) is 28.2 Å². The van der Waals surface area contributed by atoms with Gasteiger partial charge in [-0.15, -0.1) is 6.58 Å². The van der Waals surface area contributed by atoms with Crippen LogP contribution in [-0.2, 0) is 9.53 Å². The maximum atomic E-state index is 12.5. The quantitative estimate of drug-likeness (QED) is 0.595. The van der Waals surface area contributed by atoms with E-state index in [4.69, 9.17) is 4.74 Å². The molecule has 0 spiro atoms. The summed E-state index contributed by atoms with van der Waals surface area (Å²) in [5, 5.41) is 11.1. The largest absolute Gasteiger partial charge is 0.392 e. The van der Waals surface area contributed by atoms with Crippen molar-refractivity contribution < 1.29 is 14.6 Å². The summed E-state index contributed by atoms with van der Waals surface area (Å²) in [6, 6.07) is 0. The van der Waals surface area contributed by atoms with E-state index in [1.54, 1.807) is 6.08 Å². The van der Waals surface area contributed by atoms with Gasteiger partial charge >= 0.3 is 0 Å². The molecule has 6 unspecified atom stereocenters. The van der Waals surface area contributed by atoms with Crippen LogP contribution < -0.4 is 0 Å². The first-order valence-electron chi connectivity index (χ1n) is 8.84. The van der Waals surface area contributed by atoms with Gasteiger partial charge in [0, 0.05) is 5.41 Å². The molecular formula is C20H28O3. The molecule has 1 saturated heterocycles. The predicted molar refractivity (Wildman–Crippen MR) is 88.9 cm³/mol. The highest BCUT2D eigenvalue weighted by Crippen LogP contribution is 2.77. The van der Waals surface area contributed by atoms with Crippen LogP contribution in [0.5, 0.6) is 0 Å². The van der Waals surface area contributed by atoms with Gasteiger partial charge < -0.3 is 9.84 Å². The van der Waals surface area contributed by atoms with E-state index >= 15 is 0 Å². The number of allylic oxidation sites excluding steroid dienone is 2. The Hall–Kier alpha value is -0.930. The van der Waals surface area contributed by atoms with Gasteiger partial charge in [-0.2, -0.15) is 0 Å². The van der Waals surface area contributed by atoms with Gasteiger partial charge in [-0.25, -0.2) is 0 Å². The minimum Gasteiger partial charge on any atom is -0.392 e. The zero-order valence-corrected chi connectivity index (χ0v) is 14.7. The van der Waals surface area contributed by atoms with Crippen molar-refractivity contribution in [3.8, 4) is 0 Å². The van der Waals surface area contributed by atoms with Gasteiger partial charge in [0.05, 0.1) is 11.5 Å². The molecular weight excluding hydrogens is 288 g/mol. The minimum atomic E-state index is -0.519. The van der Waals surface area contributed by atoms with Gasteiger partial charge in [0.2, 0.25) is 0 Å². The molecule has 0 aromatic carbocycles. The number of epoxide rings is 1. The van der Waals surface area contributed by atoms with Gasteiger partial charge in [-0.1, -0.05) is 19.9 Å². The Bertz CT molecular complexity index is 635. The van der Waals surface area contributed by atoms with Gasteiger partial charge in [-0.3, -0.25) is 4.79 Å². The van der Waals surface area contributed by atoms with Crippen molar-refractivity contribution in [1.82, 2.24) is 0 Å². The summed E-state index contributed by atoms with van der Waals surface area (Å²) in [5.41, 5.74) is -1.78. The molecule has 0 amide bonds. The number of ketones is 1. The summed E-state index contributed by atoms with van der Waals surface area (Å²) < 4.78 is 6.45. The molecule has 0 bridgehead atoms. The lowest BCUT2D eigenvalue weighted by atomic mass is 9.44. The smallest absolute Gasteiger partial charge is 0.164 e. The molecule has 0 aromatic heterocycles. The molecule has 4 aliphatic rings. The second kappa shape index (κ2) is 4.00. The topological polar surface area (TPSA) is 49.8 Å². The van der Waals surface area contributed by atoms with E-state index in [1.165, 1.54) is 0 Å². The fourth-order valence-electron chi connectivity index (χ4n) is 6.16. The summed E-state index contributed by atoms with van der Waals surface area (Å²) in [7, 11) is 0. The molecule has 1 heterocycles. The Morgan fingerprint density at radius 3 is 2.65 bits per heavy atom. The summed E-state index contributed by atoms with van der Waals surface area (Å²) in [5.74, 6) is 0.535. The van der Waals surface area contributed by atoms with Crippen molar-refractivity contribution >= 4 is 5.78 Å². The molecule has 4 rings (SSSR count). The Labute approximate surface area is 138 Å². The zero-order chi connectivity index (χ0) is 16.9. The van der Waals surface area contributed by atoms with Gasteiger partial charge in [0.15, 0.2) is 5.78 Å². The number of carbonyl (C=O) groups is 1. The molecule has 6 atom stereocenters. The lowest BCUT2D eigenvalue weighted by molar-refractivity contribution is -0.135. The van der Waals surface area contributed by atoms with E-state index < -0.39 is 22.7 Å². The number of rotatable bonds is 1. The second-order valence-electron chi connectivity index (χ2n) is 9.29. The summed E-state index contributed by atoms with van der Waals surface area (Å²) in [4.78, 5) is 12.5. The van der Waals surface area contributed by atoms with E-state index in [1.807, 2.05) is 26.0 Å². The van der Waals surface area contributed by atoms with Crippen LogP contribution in [0.4, 0.5) is 0 Å². The lowest BCUT2D eigenvalue weighted by Crippen LogP contribution is -2.64. The normalized spacial score (nSPS) is 56.3. The number of carbonyl (C=O) groups excluding carboxylic acids is 1. The van der Waals surface area contributed by atoms with Crippen molar-refractivity contribution in [2.45, 2.75) is 70.7 Å². The molecule has 3 fully saturated rings. The van der Waals surface area contributed by atoms with E-state index in [0.717, 1.165) is 19.3 Å². The van der Waals surface area contributed by atoms with Gasteiger partial charge in [-0.05, 0) is 63.0 Å². The average Bonchev–Trinajstić information content (AvgIpc) is 3.19. The highest BCUT2D eigenvalue weighted by molar-refractivity contribution is 5.98. The molecule has 3 nitrogen and oxygen atoms in total. The van der Waals surface area contributed by atoms with Gasteiger partial charge in [0.1, 0.15) is 11.2 Å². The fourth-order valence-corrected chi connectivity index (χ4v) is 6.16. The maximum Gasteiger partial charge on any atom is 0.164 e. The predicted octanol–water partition coefficient (Wildman–Crippen LogP) is 3.42.